The van der Waals surface area contributed by atoms with Crippen molar-refractivity contribution in [3.05, 3.63) is 35.9 Å². The highest BCUT2D eigenvalue weighted by molar-refractivity contribution is 5.57. The third kappa shape index (κ3) is 5.67. The van der Waals surface area contributed by atoms with Gasteiger partial charge in [-0.25, -0.2) is 0 Å². The van der Waals surface area contributed by atoms with E-state index in [4.69, 9.17) is 4.99 Å². The van der Waals surface area contributed by atoms with Crippen LogP contribution in [0.2, 0.25) is 0 Å². The van der Waals surface area contributed by atoms with Crippen LogP contribution in [0.3, 0.4) is 0 Å². The molecule has 1 aromatic rings. The van der Waals surface area contributed by atoms with E-state index in [1.54, 1.807) is 0 Å². The molecule has 94 valence electrons. The molecule has 0 aliphatic heterocycles. The average Bonchev–Trinajstić information content (AvgIpc) is 2.38. The fraction of sp³-hybridized carbons (Fsp3) is 0.562. The Kier molecular flexibility index (Phi) is 7.37. The fourth-order valence-corrected chi connectivity index (χ4v) is 1.96. The molecule has 0 bridgehead atoms. The van der Waals surface area contributed by atoms with Gasteiger partial charge < -0.3 is 0 Å². The number of hydrogen-bond acceptors (Lipinski definition) is 1. The zero-order valence-electron chi connectivity index (χ0n) is 11.2. The minimum atomic E-state index is 0.364. The van der Waals surface area contributed by atoms with E-state index in [-0.39, 0.29) is 0 Å². The summed E-state index contributed by atoms with van der Waals surface area (Å²) in [5.41, 5.74) is 1.35. The van der Waals surface area contributed by atoms with Crippen molar-refractivity contribution in [1.82, 2.24) is 0 Å². The number of unbranched alkanes of at least 4 members (excludes halogenated alkanes) is 3. The van der Waals surface area contributed by atoms with Gasteiger partial charge in [-0.15, -0.1) is 0 Å². The molecule has 1 nitrogen and oxygen atoms in total. The first-order valence-electron chi connectivity index (χ1n) is 6.95. The van der Waals surface area contributed by atoms with E-state index < -0.39 is 0 Å². The first kappa shape index (κ1) is 14.0. The van der Waals surface area contributed by atoms with Crippen LogP contribution in [-0.2, 0) is 0 Å². The Balaban J connectivity index is 2.49. The lowest BCUT2D eigenvalue weighted by atomic mass is 10.0. The van der Waals surface area contributed by atoms with Crippen LogP contribution in [0.15, 0.2) is 35.3 Å². The van der Waals surface area contributed by atoms with Gasteiger partial charge in [0.2, 0.25) is 0 Å². The van der Waals surface area contributed by atoms with Crippen LogP contribution in [0.25, 0.3) is 0 Å². The van der Waals surface area contributed by atoms with Crippen molar-refractivity contribution < 1.29 is 0 Å². The first-order valence-corrected chi connectivity index (χ1v) is 6.95. The topological polar surface area (TPSA) is 12.4 Å². The standard InChI is InChI=1S/C16H25N/c1-3-5-6-10-14-17-16(11-4-2)15-12-8-7-9-13-15/h7-9,12-14,16H,3-6,10-11H2,1-2H3. The zero-order valence-corrected chi connectivity index (χ0v) is 11.2. The molecule has 1 rings (SSSR count). The van der Waals surface area contributed by atoms with E-state index in [0.717, 1.165) is 12.8 Å². The molecule has 0 heterocycles. The highest BCUT2D eigenvalue weighted by atomic mass is 14.8. The summed E-state index contributed by atoms with van der Waals surface area (Å²) in [6, 6.07) is 11.0. The minimum Gasteiger partial charge on any atom is -0.289 e. The normalized spacial score (nSPS) is 13.1. The second kappa shape index (κ2) is 8.98. The van der Waals surface area contributed by atoms with Crippen LogP contribution in [0.4, 0.5) is 0 Å². The largest absolute Gasteiger partial charge is 0.289 e. The molecule has 0 N–H and O–H groups in total. The zero-order chi connectivity index (χ0) is 12.3. The molecule has 17 heavy (non-hydrogen) atoms. The molecule has 1 atom stereocenters. The van der Waals surface area contributed by atoms with Crippen molar-refractivity contribution in [2.45, 2.75) is 58.4 Å². The Bertz CT molecular complexity index is 303. The van der Waals surface area contributed by atoms with Crippen LogP contribution in [-0.4, -0.2) is 6.21 Å². The number of nitrogens with zero attached hydrogens (tertiary/aromatic N) is 1. The molecule has 0 aliphatic carbocycles. The van der Waals surface area contributed by atoms with Gasteiger partial charge in [0.1, 0.15) is 0 Å². The first-order chi connectivity index (χ1) is 8.38. The lowest BCUT2D eigenvalue weighted by molar-refractivity contribution is 0.639. The van der Waals surface area contributed by atoms with Crippen LogP contribution in [0.5, 0.6) is 0 Å². The lowest BCUT2D eigenvalue weighted by Gasteiger charge is -2.11. The highest BCUT2D eigenvalue weighted by Gasteiger charge is 2.06. The maximum Gasteiger partial charge on any atom is 0.0745 e. The van der Waals surface area contributed by atoms with Gasteiger partial charge >= 0.3 is 0 Å². The quantitative estimate of drug-likeness (QED) is 0.432. The minimum absolute atomic E-state index is 0.364. The van der Waals surface area contributed by atoms with Crippen molar-refractivity contribution in [3.8, 4) is 0 Å². The Morgan fingerprint density at radius 3 is 2.47 bits per heavy atom. The summed E-state index contributed by atoms with van der Waals surface area (Å²) in [6.07, 6.45) is 9.46. The average molecular weight is 231 g/mol. The van der Waals surface area contributed by atoms with E-state index in [0.29, 0.717) is 6.04 Å². The molecule has 0 radical (unpaired) electrons. The van der Waals surface area contributed by atoms with Gasteiger partial charge in [0.05, 0.1) is 6.04 Å². The summed E-state index contributed by atoms with van der Waals surface area (Å²) in [5, 5.41) is 0. The van der Waals surface area contributed by atoms with Crippen molar-refractivity contribution in [3.63, 3.8) is 0 Å². The number of rotatable bonds is 8. The molecule has 1 aromatic carbocycles. The number of aliphatic imine (C=N–C) groups is 1. The van der Waals surface area contributed by atoms with Gasteiger partial charge in [-0.05, 0) is 31.0 Å². The van der Waals surface area contributed by atoms with Gasteiger partial charge in [0.15, 0.2) is 0 Å². The van der Waals surface area contributed by atoms with Crippen molar-refractivity contribution in [2.75, 3.05) is 0 Å². The lowest BCUT2D eigenvalue weighted by Crippen LogP contribution is -1.95. The van der Waals surface area contributed by atoms with Crippen LogP contribution in [0, 0.1) is 0 Å². The van der Waals surface area contributed by atoms with Crippen molar-refractivity contribution >= 4 is 6.21 Å². The van der Waals surface area contributed by atoms with Gasteiger partial charge in [0, 0.05) is 0 Å². The number of benzene rings is 1. The molecule has 0 fully saturated rings. The summed E-state index contributed by atoms with van der Waals surface area (Å²) in [4.78, 5) is 4.73. The third-order valence-corrected chi connectivity index (χ3v) is 2.97. The Morgan fingerprint density at radius 1 is 1.06 bits per heavy atom. The van der Waals surface area contributed by atoms with Crippen molar-refractivity contribution in [2.24, 2.45) is 4.99 Å². The Morgan fingerprint density at radius 2 is 1.82 bits per heavy atom. The van der Waals surface area contributed by atoms with Crippen molar-refractivity contribution in [1.29, 1.82) is 0 Å². The molecular weight excluding hydrogens is 206 g/mol. The summed E-state index contributed by atoms with van der Waals surface area (Å²) in [5.74, 6) is 0. The second-order valence-corrected chi connectivity index (χ2v) is 4.54. The monoisotopic (exact) mass is 231 g/mol. The molecule has 0 aliphatic rings. The summed E-state index contributed by atoms with van der Waals surface area (Å²) < 4.78 is 0. The molecule has 0 saturated carbocycles. The summed E-state index contributed by atoms with van der Waals surface area (Å²) >= 11 is 0. The number of hydrogen-bond donors (Lipinski definition) is 0. The molecule has 1 unspecified atom stereocenters. The smallest absolute Gasteiger partial charge is 0.0745 e. The van der Waals surface area contributed by atoms with E-state index in [1.807, 2.05) is 0 Å². The molecule has 0 aromatic heterocycles. The van der Waals surface area contributed by atoms with Crippen LogP contribution in [0.1, 0.15) is 64.0 Å². The molecule has 0 amide bonds. The SMILES string of the molecule is CCCCCC=NC(CCC)c1ccccc1. The van der Waals surface area contributed by atoms with Gasteiger partial charge in [-0.2, -0.15) is 0 Å². The van der Waals surface area contributed by atoms with Gasteiger partial charge in [0.25, 0.3) is 0 Å². The molecular formula is C16H25N. The summed E-state index contributed by atoms with van der Waals surface area (Å²) in [7, 11) is 0. The molecule has 0 spiro atoms. The van der Waals surface area contributed by atoms with E-state index in [2.05, 4.69) is 50.4 Å². The van der Waals surface area contributed by atoms with Gasteiger partial charge in [-0.1, -0.05) is 63.4 Å². The summed E-state index contributed by atoms with van der Waals surface area (Å²) in [6.45, 7) is 4.46. The highest BCUT2D eigenvalue weighted by Crippen LogP contribution is 2.22. The van der Waals surface area contributed by atoms with Crippen LogP contribution >= 0.6 is 0 Å². The predicted molar refractivity (Wildman–Crippen MR) is 76.7 cm³/mol. The predicted octanol–water partition coefficient (Wildman–Crippen LogP) is 5.18. The maximum atomic E-state index is 4.73. The Labute approximate surface area is 106 Å². The second-order valence-electron chi connectivity index (χ2n) is 4.54. The van der Waals surface area contributed by atoms with E-state index in [9.17, 15) is 0 Å². The van der Waals surface area contributed by atoms with Crippen LogP contribution < -0.4 is 0 Å². The van der Waals surface area contributed by atoms with E-state index >= 15 is 0 Å². The Hall–Kier alpha value is -1.11. The third-order valence-electron chi connectivity index (χ3n) is 2.97. The molecule has 0 saturated heterocycles. The maximum absolute atomic E-state index is 4.73. The van der Waals surface area contributed by atoms with Gasteiger partial charge in [-0.3, -0.25) is 4.99 Å². The molecule has 1 heteroatoms. The fourth-order valence-electron chi connectivity index (χ4n) is 1.96. The van der Waals surface area contributed by atoms with E-state index in [1.165, 1.54) is 31.2 Å².